The van der Waals surface area contributed by atoms with Crippen LogP contribution in [0.1, 0.15) is 25.6 Å². The van der Waals surface area contributed by atoms with Gasteiger partial charge in [0.2, 0.25) is 0 Å². The van der Waals surface area contributed by atoms with Gasteiger partial charge in [-0.3, -0.25) is 9.67 Å². The highest BCUT2D eigenvalue weighted by atomic mass is 15.3. The molecule has 2 heterocycles. The smallest absolute Gasteiger partial charge is 0.111 e. The van der Waals surface area contributed by atoms with E-state index in [2.05, 4.69) is 23.9 Å². The predicted octanol–water partition coefficient (Wildman–Crippen LogP) is 1.98. The summed E-state index contributed by atoms with van der Waals surface area (Å²) in [4.78, 5) is 4.28. The van der Waals surface area contributed by atoms with Gasteiger partial charge in [0, 0.05) is 18.8 Å². The van der Waals surface area contributed by atoms with Crippen molar-refractivity contribution in [1.29, 1.82) is 0 Å². The van der Waals surface area contributed by atoms with E-state index in [0.29, 0.717) is 12.6 Å². The van der Waals surface area contributed by atoms with Crippen LogP contribution in [-0.2, 0) is 6.54 Å². The fourth-order valence-electron chi connectivity index (χ4n) is 1.67. The summed E-state index contributed by atoms with van der Waals surface area (Å²) in [6.45, 7) is 4.68. The average Bonchev–Trinajstić information content (AvgIpc) is 2.74. The van der Waals surface area contributed by atoms with E-state index < -0.39 is 0 Å². The number of rotatable bonds is 3. The van der Waals surface area contributed by atoms with Gasteiger partial charge in [-0.15, -0.1) is 0 Å². The Morgan fingerprint density at radius 3 is 2.62 bits per heavy atom. The number of nitrogens with zero attached hydrogens (tertiary/aromatic N) is 3. The van der Waals surface area contributed by atoms with Crippen LogP contribution >= 0.6 is 0 Å². The summed E-state index contributed by atoms with van der Waals surface area (Å²) in [5.41, 5.74) is 8.51. The SMILES string of the molecule is CC(C)n1nc(-c2ccccn2)cc1CN. The van der Waals surface area contributed by atoms with Gasteiger partial charge in [-0.1, -0.05) is 6.07 Å². The zero-order valence-electron chi connectivity index (χ0n) is 9.59. The van der Waals surface area contributed by atoms with Crippen LogP contribution < -0.4 is 5.73 Å². The van der Waals surface area contributed by atoms with Crippen LogP contribution in [0.4, 0.5) is 0 Å². The molecule has 4 heteroatoms. The first-order valence-corrected chi connectivity index (χ1v) is 5.42. The Bertz CT molecular complexity index is 459. The first-order valence-electron chi connectivity index (χ1n) is 5.42. The number of aromatic nitrogens is 3. The van der Waals surface area contributed by atoms with Crippen molar-refractivity contribution in [2.45, 2.75) is 26.4 Å². The van der Waals surface area contributed by atoms with E-state index in [1.54, 1.807) is 6.20 Å². The third-order valence-electron chi connectivity index (χ3n) is 2.44. The number of nitrogens with two attached hydrogens (primary N) is 1. The van der Waals surface area contributed by atoms with Crippen LogP contribution in [0.3, 0.4) is 0 Å². The molecule has 0 unspecified atom stereocenters. The molecule has 0 aliphatic heterocycles. The number of pyridine rings is 1. The molecule has 4 nitrogen and oxygen atoms in total. The molecular formula is C12H16N4. The molecule has 0 fully saturated rings. The zero-order chi connectivity index (χ0) is 11.5. The molecule has 0 amide bonds. The van der Waals surface area contributed by atoms with Gasteiger partial charge >= 0.3 is 0 Å². The summed E-state index contributed by atoms with van der Waals surface area (Å²) >= 11 is 0. The van der Waals surface area contributed by atoms with Gasteiger partial charge in [0.05, 0.1) is 11.4 Å². The normalized spacial score (nSPS) is 11.0. The molecule has 2 aromatic rings. The molecule has 2 rings (SSSR count). The molecule has 16 heavy (non-hydrogen) atoms. The highest BCUT2D eigenvalue weighted by Crippen LogP contribution is 2.18. The minimum absolute atomic E-state index is 0.316. The van der Waals surface area contributed by atoms with Crippen molar-refractivity contribution >= 4 is 0 Å². The first-order chi connectivity index (χ1) is 7.72. The topological polar surface area (TPSA) is 56.7 Å². The minimum Gasteiger partial charge on any atom is -0.325 e. The maximum absolute atomic E-state index is 5.70. The molecule has 0 aromatic carbocycles. The molecule has 0 bridgehead atoms. The summed E-state index contributed by atoms with van der Waals surface area (Å²) in [6.07, 6.45) is 1.77. The molecule has 2 N–H and O–H groups in total. The lowest BCUT2D eigenvalue weighted by Crippen LogP contribution is -2.10. The molecule has 0 aliphatic rings. The second-order valence-electron chi connectivity index (χ2n) is 3.98. The van der Waals surface area contributed by atoms with E-state index in [1.807, 2.05) is 28.9 Å². The van der Waals surface area contributed by atoms with Crippen molar-refractivity contribution in [2.24, 2.45) is 5.73 Å². The Morgan fingerprint density at radius 1 is 1.31 bits per heavy atom. The van der Waals surface area contributed by atoms with Crippen molar-refractivity contribution in [3.8, 4) is 11.4 Å². The van der Waals surface area contributed by atoms with Gasteiger partial charge in [0.15, 0.2) is 0 Å². The molecule has 84 valence electrons. The molecule has 0 saturated heterocycles. The highest BCUT2D eigenvalue weighted by molar-refractivity contribution is 5.53. The number of hydrogen-bond acceptors (Lipinski definition) is 3. The molecule has 0 radical (unpaired) electrons. The second kappa shape index (κ2) is 4.45. The summed E-state index contributed by atoms with van der Waals surface area (Å²) in [6, 6.07) is 8.12. The van der Waals surface area contributed by atoms with E-state index in [0.717, 1.165) is 17.1 Å². The van der Waals surface area contributed by atoms with E-state index in [1.165, 1.54) is 0 Å². The van der Waals surface area contributed by atoms with Crippen LogP contribution in [0.15, 0.2) is 30.5 Å². The van der Waals surface area contributed by atoms with E-state index in [9.17, 15) is 0 Å². The molecule has 0 aliphatic carbocycles. The Morgan fingerprint density at radius 2 is 2.12 bits per heavy atom. The molecular weight excluding hydrogens is 200 g/mol. The summed E-state index contributed by atoms with van der Waals surface area (Å²) in [7, 11) is 0. The molecule has 0 spiro atoms. The lowest BCUT2D eigenvalue weighted by Gasteiger charge is -2.08. The number of hydrogen-bond donors (Lipinski definition) is 1. The summed E-state index contributed by atoms with van der Waals surface area (Å²) in [5, 5.41) is 4.52. The molecule has 0 atom stereocenters. The van der Waals surface area contributed by atoms with E-state index in [-0.39, 0.29) is 0 Å². The van der Waals surface area contributed by atoms with Crippen LogP contribution in [0.5, 0.6) is 0 Å². The van der Waals surface area contributed by atoms with Crippen molar-refractivity contribution in [3.05, 3.63) is 36.2 Å². The lowest BCUT2D eigenvalue weighted by molar-refractivity contribution is 0.511. The lowest BCUT2D eigenvalue weighted by atomic mass is 10.2. The van der Waals surface area contributed by atoms with E-state index >= 15 is 0 Å². The minimum atomic E-state index is 0.316. The first kappa shape index (κ1) is 10.8. The standard InChI is InChI=1S/C12H16N4/c1-9(2)16-10(8-13)7-12(15-16)11-5-3-4-6-14-11/h3-7,9H,8,13H2,1-2H3. The summed E-state index contributed by atoms with van der Waals surface area (Å²) in [5.74, 6) is 0. The van der Waals surface area contributed by atoms with Crippen LogP contribution in [0.25, 0.3) is 11.4 Å². The average molecular weight is 216 g/mol. The van der Waals surface area contributed by atoms with Crippen LogP contribution in [0.2, 0.25) is 0 Å². The maximum Gasteiger partial charge on any atom is 0.111 e. The van der Waals surface area contributed by atoms with E-state index in [4.69, 9.17) is 5.73 Å². The second-order valence-corrected chi connectivity index (χ2v) is 3.98. The Balaban J connectivity index is 2.44. The Hall–Kier alpha value is -1.68. The van der Waals surface area contributed by atoms with Crippen molar-refractivity contribution < 1.29 is 0 Å². The van der Waals surface area contributed by atoms with Gasteiger partial charge < -0.3 is 5.73 Å². The molecule has 0 saturated carbocycles. The van der Waals surface area contributed by atoms with Crippen LogP contribution in [0, 0.1) is 0 Å². The fourth-order valence-corrected chi connectivity index (χ4v) is 1.67. The van der Waals surface area contributed by atoms with Crippen molar-refractivity contribution in [2.75, 3.05) is 0 Å². The third-order valence-corrected chi connectivity index (χ3v) is 2.44. The van der Waals surface area contributed by atoms with Gasteiger partial charge in [0.25, 0.3) is 0 Å². The Kier molecular flexibility index (Phi) is 3.01. The highest BCUT2D eigenvalue weighted by Gasteiger charge is 2.10. The monoisotopic (exact) mass is 216 g/mol. The maximum atomic E-state index is 5.70. The summed E-state index contributed by atoms with van der Waals surface area (Å²) < 4.78 is 1.95. The quantitative estimate of drug-likeness (QED) is 0.853. The van der Waals surface area contributed by atoms with Gasteiger partial charge in [0.1, 0.15) is 5.69 Å². The third kappa shape index (κ3) is 1.97. The predicted molar refractivity (Wildman–Crippen MR) is 63.7 cm³/mol. The van der Waals surface area contributed by atoms with Gasteiger partial charge in [-0.05, 0) is 32.0 Å². The zero-order valence-corrected chi connectivity index (χ0v) is 9.59. The van der Waals surface area contributed by atoms with Crippen LogP contribution in [-0.4, -0.2) is 14.8 Å². The van der Waals surface area contributed by atoms with Crippen molar-refractivity contribution in [1.82, 2.24) is 14.8 Å². The Labute approximate surface area is 95.1 Å². The fraction of sp³-hybridized carbons (Fsp3) is 0.333. The largest absolute Gasteiger partial charge is 0.325 e. The van der Waals surface area contributed by atoms with Gasteiger partial charge in [-0.2, -0.15) is 5.10 Å². The van der Waals surface area contributed by atoms with Crippen molar-refractivity contribution in [3.63, 3.8) is 0 Å². The van der Waals surface area contributed by atoms with Gasteiger partial charge in [-0.25, -0.2) is 0 Å². The molecule has 2 aromatic heterocycles.